The van der Waals surface area contributed by atoms with Crippen molar-refractivity contribution in [3.63, 3.8) is 0 Å². The van der Waals surface area contributed by atoms with Gasteiger partial charge in [-0.3, -0.25) is 9.59 Å². The molecular weight excluding hydrogens is 425 g/mol. The van der Waals surface area contributed by atoms with Crippen LogP contribution in [0.2, 0.25) is 5.02 Å². The van der Waals surface area contributed by atoms with Gasteiger partial charge in [-0.15, -0.1) is 0 Å². The van der Waals surface area contributed by atoms with Crippen LogP contribution in [0.5, 0.6) is 11.5 Å². The molecule has 7 nitrogen and oxygen atoms in total. The first-order valence-electron chi connectivity index (χ1n) is 10.1. The van der Waals surface area contributed by atoms with Crippen molar-refractivity contribution in [3.05, 3.63) is 53.3 Å². The summed E-state index contributed by atoms with van der Waals surface area (Å²) in [5.74, 6) is -0.143. The highest BCUT2D eigenvalue weighted by atomic mass is 35.5. The van der Waals surface area contributed by atoms with E-state index >= 15 is 0 Å². The Morgan fingerprint density at radius 2 is 1.90 bits per heavy atom. The molecule has 1 heterocycles. The van der Waals surface area contributed by atoms with Gasteiger partial charge >= 0.3 is 0 Å². The molecule has 9 heteroatoms. The van der Waals surface area contributed by atoms with Crippen molar-refractivity contribution in [3.8, 4) is 11.5 Å². The van der Waals surface area contributed by atoms with Crippen molar-refractivity contribution in [1.29, 1.82) is 0 Å². The minimum Gasteiger partial charge on any atom is -0.484 e. The van der Waals surface area contributed by atoms with Gasteiger partial charge in [0.05, 0.1) is 17.3 Å². The molecule has 2 amide bonds. The maximum absolute atomic E-state index is 13.4. The molecule has 2 aromatic rings. The highest BCUT2D eigenvalue weighted by molar-refractivity contribution is 6.30. The Balaban J connectivity index is 1.08. The van der Waals surface area contributed by atoms with Crippen LogP contribution in [0.4, 0.5) is 10.1 Å². The predicted molar refractivity (Wildman–Crippen MR) is 112 cm³/mol. The smallest absolute Gasteiger partial charge is 0.263 e. The van der Waals surface area contributed by atoms with E-state index in [9.17, 15) is 14.0 Å². The van der Waals surface area contributed by atoms with Crippen LogP contribution in [0, 0.1) is 5.82 Å². The third kappa shape index (κ3) is 3.76. The number of hydrogen-bond donors (Lipinski definition) is 3. The molecule has 4 aliphatic rings. The maximum atomic E-state index is 13.4. The molecule has 3 N–H and O–H groups in total. The molecule has 1 atom stereocenters. The lowest BCUT2D eigenvalue weighted by Crippen LogP contribution is -2.84. The Kier molecular flexibility index (Phi) is 4.69. The molecule has 0 saturated heterocycles. The van der Waals surface area contributed by atoms with E-state index in [1.54, 1.807) is 0 Å². The molecule has 1 aliphatic heterocycles. The summed E-state index contributed by atoms with van der Waals surface area (Å²) >= 11 is 5.63. The third-order valence-corrected chi connectivity index (χ3v) is 6.32. The van der Waals surface area contributed by atoms with Crippen molar-refractivity contribution in [2.45, 2.75) is 36.4 Å². The van der Waals surface area contributed by atoms with Crippen molar-refractivity contribution < 1.29 is 23.5 Å². The number of benzene rings is 2. The zero-order valence-electron chi connectivity index (χ0n) is 16.5. The van der Waals surface area contributed by atoms with Crippen molar-refractivity contribution >= 4 is 29.1 Å². The number of amides is 2. The molecule has 6 rings (SSSR count). The maximum Gasteiger partial charge on any atom is 0.263 e. The molecule has 2 bridgehead atoms. The number of nitrogens with one attached hydrogen (secondary N) is 3. The monoisotopic (exact) mass is 445 g/mol. The van der Waals surface area contributed by atoms with Crippen LogP contribution in [0.25, 0.3) is 0 Å². The molecule has 3 aliphatic carbocycles. The Hall–Kier alpha value is -3.00. The molecule has 0 spiro atoms. The lowest BCUT2D eigenvalue weighted by atomic mass is 9.44. The average molecular weight is 446 g/mol. The lowest BCUT2D eigenvalue weighted by Gasteiger charge is -2.70. The van der Waals surface area contributed by atoms with Gasteiger partial charge in [0.25, 0.3) is 11.8 Å². The van der Waals surface area contributed by atoms with E-state index in [0.717, 1.165) is 11.8 Å². The highest BCUT2D eigenvalue weighted by Gasteiger charge is 2.69. The number of para-hydroxylation sites is 2. The highest BCUT2D eigenvalue weighted by Crippen LogP contribution is 2.60. The summed E-state index contributed by atoms with van der Waals surface area (Å²) in [5, 5.41) is 9.26. The van der Waals surface area contributed by atoms with Crippen LogP contribution in [-0.4, -0.2) is 42.1 Å². The van der Waals surface area contributed by atoms with Gasteiger partial charge in [0.2, 0.25) is 0 Å². The molecule has 3 fully saturated rings. The zero-order valence-corrected chi connectivity index (χ0v) is 17.3. The number of hydrogen-bond acceptors (Lipinski definition) is 5. The van der Waals surface area contributed by atoms with E-state index < -0.39 is 11.9 Å². The van der Waals surface area contributed by atoms with E-state index in [2.05, 4.69) is 16.0 Å². The standard InChI is InChI=1S/C22H21ClFN3O4/c23-14-6-5-13(7-15(14)24)30-9-19(28)26-21-10-22(11-21,12-21)27-20(29)18-8-25-16-3-1-2-4-17(16)31-18/h1-7,18,25H,8-12H2,(H,26,28)(H,27,29). The second-order valence-corrected chi connectivity index (χ2v) is 8.88. The van der Waals surface area contributed by atoms with Gasteiger partial charge in [0.15, 0.2) is 12.7 Å². The first-order chi connectivity index (χ1) is 14.9. The average Bonchev–Trinajstić information content (AvgIpc) is 2.71. The second-order valence-electron chi connectivity index (χ2n) is 8.48. The fourth-order valence-electron chi connectivity index (χ4n) is 4.70. The summed E-state index contributed by atoms with van der Waals surface area (Å²) in [7, 11) is 0. The Morgan fingerprint density at radius 3 is 2.68 bits per heavy atom. The number of rotatable bonds is 6. The van der Waals surface area contributed by atoms with E-state index in [0.29, 0.717) is 31.6 Å². The zero-order chi connectivity index (χ0) is 21.6. The number of ether oxygens (including phenoxy) is 2. The minimum absolute atomic E-state index is 0.00312. The van der Waals surface area contributed by atoms with Crippen LogP contribution in [0.1, 0.15) is 19.3 Å². The van der Waals surface area contributed by atoms with Gasteiger partial charge in [-0.25, -0.2) is 4.39 Å². The number of fused-ring (bicyclic) bond motifs is 1. The summed E-state index contributed by atoms with van der Waals surface area (Å²) < 4.78 is 24.6. The second kappa shape index (κ2) is 7.30. The van der Waals surface area contributed by atoms with Gasteiger partial charge in [-0.1, -0.05) is 23.7 Å². The summed E-state index contributed by atoms with van der Waals surface area (Å²) in [6.07, 6.45) is 1.42. The lowest BCUT2D eigenvalue weighted by molar-refractivity contribution is -0.153. The topological polar surface area (TPSA) is 88.7 Å². The normalized spacial score (nSPS) is 27.4. The number of halogens is 2. The molecule has 1 unspecified atom stereocenters. The largest absolute Gasteiger partial charge is 0.484 e. The predicted octanol–water partition coefficient (Wildman–Crippen LogP) is 2.64. The molecule has 0 aromatic heterocycles. The van der Waals surface area contributed by atoms with Crippen molar-refractivity contribution in [2.24, 2.45) is 0 Å². The minimum atomic E-state index is -0.600. The van der Waals surface area contributed by atoms with E-state index in [1.807, 2.05) is 24.3 Å². The Morgan fingerprint density at radius 1 is 1.16 bits per heavy atom. The molecule has 31 heavy (non-hydrogen) atoms. The van der Waals surface area contributed by atoms with Crippen LogP contribution < -0.4 is 25.4 Å². The molecule has 2 aromatic carbocycles. The van der Waals surface area contributed by atoms with Gasteiger partial charge in [0.1, 0.15) is 17.3 Å². The summed E-state index contributed by atoms with van der Waals surface area (Å²) in [6.45, 7) is 0.187. The number of carbonyl (C=O) groups excluding carboxylic acids is 2. The Labute approximate surface area is 183 Å². The van der Waals surface area contributed by atoms with Gasteiger partial charge in [0, 0.05) is 17.1 Å². The first kappa shape index (κ1) is 19.9. The quantitative estimate of drug-likeness (QED) is 0.636. The van der Waals surface area contributed by atoms with Gasteiger partial charge < -0.3 is 25.4 Å². The van der Waals surface area contributed by atoms with Crippen molar-refractivity contribution in [2.75, 3.05) is 18.5 Å². The number of carbonyl (C=O) groups is 2. The SMILES string of the molecule is O=C(COc1ccc(Cl)c(F)c1)NC12CC(NC(=O)C3CNc4ccccc4O3)(C1)C2. The molecular formula is C22H21ClFN3O4. The summed E-state index contributed by atoms with van der Waals surface area (Å²) in [5.41, 5.74) is 0.282. The van der Waals surface area contributed by atoms with Crippen molar-refractivity contribution in [1.82, 2.24) is 10.6 Å². The molecule has 0 radical (unpaired) electrons. The van der Waals surface area contributed by atoms with Crippen LogP contribution >= 0.6 is 11.6 Å². The number of anilines is 1. The van der Waals surface area contributed by atoms with Crippen LogP contribution in [-0.2, 0) is 9.59 Å². The fourth-order valence-corrected chi connectivity index (χ4v) is 4.82. The molecule has 162 valence electrons. The molecule has 3 saturated carbocycles. The summed E-state index contributed by atoms with van der Waals surface area (Å²) in [4.78, 5) is 24.9. The van der Waals surface area contributed by atoms with Gasteiger partial charge in [-0.2, -0.15) is 0 Å². The van der Waals surface area contributed by atoms with E-state index in [4.69, 9.17) is 21.1 Å². The van der Waals surface area contributed by atoms with E-state index in [1.165, 1.54) is 12.1 Å². The Bertz CT molecular complexity index is 1040. The van der Waals surface area contributed by atoms with Crippen LogP contribution in [0.15, 0.2) is 42.5 Å². The fraction of sp³-hybridized carbons (Fsp3) is 0.364. The first-order valence-corrected chi connectivity index (χ1v) is 10.4. The summed E-state index contributed by atoms with van der Waals surface area (Å²) in [6, 6.07) is 11.5. The third-order valence-electron chi connectivity index (χ3n) is 6.01. The van der Waals surface area contributed by atoms with Gasteiger partial charge in [-0.05, 0) is 43.5 Å². The van der Waals surface area contributed by atoms with Crippen LogP contribution in [0.3, 0.4) is 0 Å². The van der Waals surface area contributed by atoms with E-state index in [-0.39, 0.29) is 40.3 Å².